The van der Waals surface area contributed by atoms with Crippen molar-refractivity contribution in [1.82, 2.24) is 14.8 Å². The molecule has 1 N–H and O–H groups in total. The number of aromatic nitrogens is 1. The molecule has 0 aliphatic heterocycles. The first-order chi connectivity index (χ1) is 12.0. The van der Waals surface area contributed by atoms with Crippen LogP contribution in [0.25, 0.3) is 10.9 Å². The Morgan fingerprint density at radius 2 is 1.84 bits per heavy atom. The van der Waals surface area contributed by atoms with Crippen molar-refractivity contribution in [2.45, 2.75) is 6.04 Å². The zero-order valence-corrected chi connectivity index (χ0v) is 15.4. The second-order valence-electron chi connectivity index (χ2n) is 6.38. The first kappa shape index (κ1) is 17.5. The highest BCUT2D eigenvalue weighted by molar-refractivity contribution is 6.33. The summed E-state index contributed by atoms with van der Waals surface area (Å²) in [6.45, 7) is 0.505. The van der Waals surface area contributed by atoms with Crippen LogP contribution in [0.3, 0.4) is 0 Å². The van der Waals surface area contributed by atoms with Gasteiger partial charge < -0.3 is 14.8 Å². The van der Waals surface area contributed by atoms with Gasteiger partial charge in [0.15, 0.2) is 0 Å². The average Bonchev–Trinajstić information content (AvgIpc) is 2.92. The van der Waals surface area contributed by atoms with E-state index in [2.05, 4.69) is 33.1 Å². The number of carbonyl (C=O) groups is 1. The molecule has 0 aliphatic carbocycles. The molecule has 0 spiro atoms. The highest BCUT2D eigenvalue weighted by Gasteiger charge is 2.20. The molecule has 0 saturated heterocycles. The predicted molar refractivity (Wildman–Crippen MR) is 103 cm³/mol. The summed E-state index contributed by atoms with van der Waals surface area (Å²) < 4.78 is 2.12. The van der Waals surface area contributed by atoms with Crippen LogP contribution in [0.1, 0.15) is 22.0 Å². The quantitative estimate of drug-likeness (QED) is 0.754. The van der Waals surface area contributed by atoms with Crippen molar-refractivity contribution in [1.29, 1.82) is 0 Å². The topological polar surface area (TPSA) is 37.3 Å². The van der Waals surface area contributed by atoms with Crippen LogP contribution in [0.4, 0.5) is 0 Å². The number of likely N-dealkylation sites (N-methyl/N-ethyl adjacent to an activating group) is 1. The lowest BCUT2D eigenvalue weighted by Gasteiger charge is -2.24. The van der Waals surface area contributed by atoms with E-state index in [1.807, 2.05) is 45.4 Å². The SMILES string of the molecule is CN(C)[C@@H](CNC(=O)c1ccccc1Cl)c1cn(C)c2ccccc12. The summed E-state index contributed by atoms with van der Waals surface area (Å²) in [6, 6.07) is 15.5. The number of fused-ring (bicyclic) bond motifs is 1. The fraction of sp³-hybridized carbons (Fsp3) is 0.250. The van der Waals surface area contributed by atoms with Gasteiger partial charge in [0.25, 0.3) is 5.91 Å². The largest absolute Gasteiger partial charge is 0.350 e. The molecule has 3 rings (SSSR count). The van der Waals surface area contributed by atoms with Gasteiger partial charge in [-0.05, 0) is 37.9 Å². The first-order valence-corrected chi connectivity index (χ1v) is 8.60. The first-order valence-electron chi connectivity index (χ1n) is 8.22. The van der Waals surface area contributed by atoms with Crippen molar-refractivity contribution in [3.05, 3.63) is 70.9 Å². The van der Waals surface area contributed by atoms with Gasteiger partial charge in [0, 0.05) is 30.7 Å². The standard InChI is InChI=1S/C20H22ClN3O/c1-23(2)19(12-22-20(25)15-9-4-6-10-17(15)21)16-13-24(3)18-11-7-5-8-14(16)18/h4-11,13,19H,12H2,1-3H3,(H,22,25)/t19-/m0/s1. The van der Waals surface area contributed by atoms with Gasteiger partial charge in [0.1, 0.15) is 0 Å². The minimum Gasteiger partial charge on any atom is -0.350 e. The van der Waals surface area contributed by atoms with Gasteiger partial charge in [-0.15, -0.1) is 0 Å². The lowest BCUT2D eigenvalue weighted by atomic mass is 10.0. The summed E-state index contributed by atoms with van der Waals surface area (Å²) in [5, 5.41) is 4.69. The van der Waals surface area contributed by atoms with Crippen molar-refractivity contribution >= 4 is 28.4 Å². The van der Waals surface area contributed by atoms with Crippen LogP contribution in [-0.4, -0.2) is 36.0 Å². The van der Waals surface area contributed by atoms with Crippen LogP contribution in [-0.2, 0) is 7.05 Å². The minimum atomic E-state index is -0.155. The molecule has 5 heteroatoms. The summed E-state index contributed by atoms with van der Waals surface area (Å²) in [4.78, 5) is 14.6. The van der Waals surface area contributed by atoms with E-state index in [1.165, 1.54) is 16.5 Å². The Labute approximate surface area is 153 Å². The fourth-order valence-electron chi connectivity index (χ4n) is 3.14. The highest BCUT2D eigenvalue weighted by Crippen LogP contribution is 2.28. The normalized spacial score (nSPS) is 12.5. The molecule has 0 unspecified atom stereocenters. The summed E-state index contributed by atoms with van der Waals surface area (Å²) in [6.07, 6.45) is 2.14. The second kappa shape index (κ2) is 7.30. The van der Waals surface area contributed by atoms with Crippen molar-refractivity contribution in [3.8, 4) is 0 Å². The number of hydrogen-bond acceptors (Lipinski definition) is 2. The number of para-hydroxylation sites is 1. The van der Waals surface area contributed by atoms with Gasteiger partial charge in [0.2, 0.25) is 0 Å². The van der Waals surface area contributed by atoms with Crippen molar-refractivity contribution in [3.63, 3.8) is 0 Å². The molecule has 1 heterocycles. The Balaban J connectivity index is 1.85. The van der Waals surface area contributed by atoms with Crippen molar-refractivity contribution in [2.24, 2.45) is 7.05 Å². The number of carbonyl (C=O) groups excluding carboxylic acids is 1. The molecular weight excluding hydrogens is 334 g/mol. The molecule has 3 aromatic rings. The van der Waals surface area contributed by atoms with Crippen molar-refractivity contribution in [2.75, 3.05) is 20.6 Å². The van der Waals surface area contributed by atoms with Crippen molar-refractivity contribution < 1.29 is 4.79 Å². The zero-order valence-electron chi connectivity index (χ0n) is 14.7. The number of nitrogens with one attached hydrogen (secondary N) is 1. The van der Waals surface area contributed by atoms with E-state index < -0.39 is 0 Å². The van der Waals surface area contributed by atoms with Crippen LogP contribution < -0.4 is 5.32 Å². The number of benzene rings is 2. The van der Waals surface area contributed by atoms with Crippen LogP contribution in [0.2, 0.25) is 5.02 Å². The minimum absolute atomic E-state index is 0.0672. The Bertz CT molecular complexity index is 901. The molecule has 130 valence electrons. The van der Waals surface area contributed by atoms with E-state index in [0.29, 0.717) is 17.1 Å². The van der Waals surface area contributed by atoms with Gasteiger partial charge in [-0.25, -0.2) is 0 Å². The predicted octanol–water partition coefficient (Wildman–Crippen LogP) is 3.86. The molecule has 1 amide bonds. The number of nitrogens with zero attached hydrogens (tertiary/aromatic N) is 2. The molecule has 25 heavy (non-hydrogen) atoms. The molecule has 0 aliphatic rings. The van der Waals surface area contributed by atoms with E-state index in [-0.39, 0.29) is 11.9 Å². The van der Waals surface area contributed by atoms with Gasteiger partial charge in [-0.1, -0.05) is 41.9 Å². The van der Waals surface area contributed by atoms with Gasteiger partial charge in [-0.3, -0.25) is 4.79 Å². The maximum atomic E-state index is 12.5. The third-order valence-corrected chi connectivity index (χ3v) is 4.81. The molecule has 1 aromatic heterocycles. The Morgan fingerprint density at radius 1 is 1.16 bits per heavy atom. The molecule has 0 fully saturated rings. The van der Waals surface area contributed by atoms with Gasteiger partial charge >= 0.3 is 0 Å². The number of halogens is 1. The van der Waals surface area contributed by atoms with E-state index >= 15 is 0 Å². The van der Waals surface area contributed by atoms with E-state index in [9.17, 15) is 4.79 Å². The summed E-state index contributed by atoms with van der Waals surface area (Å²) in [5.41, 5.74) is 2.88. The maximum Gasteiger partial charge on any atom is 0.252 e. The zero-order chi connectivity index (χ0) is 18.0. The fourth-order valence-corrected chi connectivity index (χ4v) is 3.36. The van der Waals surface area contributed by atoms with Crippen LogP contribution >= 0.6 is 11.6 Å². The number of amides is 1. The van der Waals surface area contributed by atoms with Gasteiger partial charge in [0.05, 0.1) is 16.6 Å². The molecule has 0 saturated carbocycles. The number of hydrogen-bond donors (Lipinski definition) is 1. The molecule has 0 radical (unpaired) electrons. The van der Waals surface area contributed by atoms with E-state index in [0.717, 1.165) is 0 Å². The number of rotatable bonds is 5. The third kappa shape index (κ3) is 3.55. The van der Waals surface area contributed by atoms with Crippen LogP contribution in [0.5, 0.6) is 0 Å². The molecule has 4 nitrogen and oxygen atoms in total. The van der Waals surface area contributed by atoms with Crippen LogP contribution in [0.15, 0.2) is 54.7 Å². The smallest absolute Gasteiger partial charge is 0.252 e. The lowest BCUT2D eigenvalue weighted by Crippen LogP contribution is -2.34. The molecule has 1 atom stereocenters. The van der Waals surface area contributed by atoms with Gasteiger partial charge in [-0.2, -0.15) is 0 Å². The van der Waals surface area contributed by atoms with Crippen LogP contribution in [0, 0.1) is 0 Å². The van der Waals surface area contributed by atoms with E-state index in [1.54, 1.807) is 12.1 Å². The number of aryl methyl sites for hydroxylation is 1. The molecular formula is C20H22ClN3O. The molecule has 2 aromatic carbocycles. The Kier molecular flexibility index (Phi) is 5.11. The summed E-state index contributed by atoms with van der Waals surface area (Å²) in [5.74, 6) is -0.155. The van der Waals surface area contributed by atoms with E-state index in [4.69, 9.17) is 11.6 Å². The monoisotopic (exact) mass is 355 g/mol. The highest BCUT2D eigenvalue weighted by atomic mass is 35.5. The summed E-state index contributed by atoms with van der Waals surface area (Å²) in [7, 11) is 6.09. The Morgan fingerprint density at radius 3 is 2.56 bits per heavy atom. The maximum absolute atomic E-state index is 12.5. The molecule has 0 bridgehead atoms. The Hall–Kier alpha value is -2.30. The second-order valence-corrected chi connectivity index (χ2v) is 6.79. The lowest BCUT2D eigenvalue weighted by molar-refractivity contribution is 0.0942. The summed E-state index contributed by atoms with van der Waals surface area (Å²) >= 11 is 6.12. The third-order valence-electron chi connectivity index (χ3n) is 4.48. The average molecular weight is 356 g/mol.